The number of hydrogen-bond donors (Lipinski definition) is 2. The third-order valence-corrected chi connectivity index (χ3v) is 7.64. The van der Waals surface area contributed by atoms with E-state index in [2.05, 4.69) is 4.72 Å². The molecule has 3 aliphatic rings. The number of sulfonamides is 1. The molecule has 1 heterocycles. The lowest BCUT2D eigenvalue weighted by molar-refractivity contribution is -0.143. The number of rotatable bonds is 3. The first-order valence-corrected chi connectivity index (χ1v) is 10.4. The number of ether oxygens (including phenoxy) is 1. The van der Waals surface area contributed by atoms with Gasteiger partial charge in [0.1, 0.15) is 0 Å². The van der Waals surface area contributed by atoms with E-state index >= 15 is 0 Å². The molecule has 1 saturated carbocycles. The molecule has 0 aromatic heterocycles. The van der Waals surface area contributed by atoms with E-state index in [1.165, 1.54) is 17.5 Å². The summed E-state index contributed by atoms with van der Waals surface area (Å²) >= 11 is 0. The van der Waals surface area contributed by atoms with E-state index in [-0.39, 0.29) is 11.5 Å². The molecule has 5 nitrogen and oxygen atoms in total. The van der Waals surface area contributed by atoms with Crippen LogP contribution in [0.25, 0.3) is 0 Å². The molecule has 2 fully saturated rings. The average Bonchev–Trinajstić information content (AvgIpc) is 2.61. The van der Waals surface area contributed by atoms with Gasteiger partial charge >= 0.3 is 0 Å². The highest BCUT2D eigenvalue weighted by Gasteiger charge is 2.55. The second-order valence-electron chi connectivity index (χ2n) is 7.41. The highest BCUT2D eigenvalue weighted by atomic mass is 32.2. The quantitative estimate of drug-likeness (QED) is 0.870. The summed E-state index contributed by atoms with van der Waals surface area (Å²) in [4.78, 5) is 0.353. The molecule has 132 valence electrons. The molecule has 0 bridgehead atoms. The van der Waals surface area contributed by atoms with Gasteiger partial charge in [0.2, 0.25) is 10.0 Å². The minimum atomic E-state index is -3.55. The first kappa shape index (κ1) is 16.5. The Bertz CT molecular complexity index is 725. The monoisotopic (exact) mass is 351 g/mol. The number of fused-ring (bicyclic) bond motifs is 1. The zero-order valence-electron chi connectivity index (χ0n) is 13.8. The Morgan fingerprint density at radius 2 is 1.83 bits per heavy atom. The van der Waals surface area contributed by atoms with Crippen molar-refractivity contribution < 1.29 is 18.3 Å². The molecule has 0 amide bonds. The van der Waals surface area contributed by atoms with Gasteiger partial charge in [0.25, 0.3) is 0 Å². The summed E-state index contributed by atoms with van der Waals surface area (Å²) in [7, 11) is -3.55. The summed E-state index contributed by atoms with van der Waals surface area (Å²) < 4.78 is 33.9. The molecule has 1 aromatic rings. The van der Waals surface area contributed by atoms with Crippen molar-refractivity contribution in [3.8, 4) is 0 Å². The van der Waals surface area contributed by atoms with Crippen LogP contribution in [0.5, 0.6) is 0 Å². The fourth-order valence-electron chi connectivity index (χ4n) is 4.50. The van der Waals surface area contributed by atoms with Gasteiger partial charge in [-0.1, -0.05) is 6.07 Å². The van der Waals surface area contributed by atoms with E-state index in [1.54, 1.807) is 6.07 Å². The average molecular weight is 351 g/mol. The zero-order valence-corrected chi connectivity index (χ0v) is 14.6. The normalized spacial score (nSPS) is 29.0. The van der Waals surface area contributed by atoms with Crippen LogP contribution in [-0.2, 0) is 27.6 Å². The zero-order chi connectivity index (χ0) is 16.8. The molecule has 1 aliphatic heterocycles. The fourth-order valence-corrected chi connectivity index (χ4v) is 5.88. The molecule has 0 radical (unpaired) electrons. The van der Waals surface area contributed by atoms with Crippen LogP contribution in [0, 0.1) is 5.41 Å². The van der Waals surface area contributed by atoms with E-state index in [0.29, 0.717) is 37.4 Å². The van der Waals surface area contributed by atoms with Crippen molar-refractivity contribution >= 4 is 10.0 Å². The SMILES string of the molecule is O=S(=O)(N[C@@H]1C[C@@H](O)C12CCOCC2)c1ccc2c(c1)CCCC2. The topological polar surface area (TPSA) is 75.6 Å². The summed E-state index contributed by atoms with van der Waals surface area (Å²) in [6.07, 6.45) is 5.80. The summed E-state index contributed by atoms with van der Waals surface area (Å²) in [6, 6.07) is 5.32. The number of nitrogens with one attached hydrogen (secondary N) is 1. The summed E-state index contributed by atoms with van der Waals surface area (Å²) in [5.74, 6) is 0. The minimum Gasteiger partial charge on any atom is -0.392 e. The second-order valence-corrected chi connectivity index (χ2v) is 9.12. The van der Waals surface area contributed by atoms with E-state index in [1.807, 2.05) is 12.1 Å². The summed E-state index contributed by atoms with van der Waals surface area (Å²) in [5.41, 5.74) is 2.10. The van der Waals surface area contributed by atoms with Crippen molar-refractivity contribution in [2.45, 2.75) is 62.0 Å². The molecule has 6 heteroatoms. The number of aryl methyl sites for hydroxylation is 2. The van der Waals surface area contributed by atoms with Gasteiger partial charge in [-0.25, -0.2) is 13.1 Å². The lowest BCUT2D eigenvalue weighted by Gasteiger charge is -2.55. The summed E-state index contributed by atoms with van der Waals surface area (Å²) in [6.45, 7) is 1.18. The van der Waals surface area contributed by atoms with Gasteiger partial charge in [0.05, 0.1) is 11.0 Å². The van der Waals surface area contributed by atoms with Gasteiger partial charge in [-0.05, 0) is 68.2 Å². The number of hydrogen-bond acceptors (Lipinski definition) is 4. The van der Waals surface area contributed by atoms with E-state index in [0.717, 1.165) is 19.3 Å². The van der Waals surface area contributed by atoms with Crippen LogP contribution in [0.2, 0.25) is 0 Å². The minimum absolute atomic E-state index is 0.197. The van der Waals surface area contributed by atoms with Gasteiger partial charge in [-0.15, -0.1) is 0 Å². The second kappa shape index (κ2) is 6.09. The van der Waals surface area contributed by atoms with Gasteiger partial charge in [0.15, 0.2) is 0 Å². The highest BCUT2D eigenvalue weighted by molar-refractivity contribution is 7.89. The van der Waals surface area contributed by atoms with Crippen molar-refractivity contribution in [3.63, 3.8) is 0 Å². The fraction of sp³-hybridized carbons (Fsp3) is 0.667. The Kier molecular flexibility index (Phi) is 4.19. The highest BCUT2D eigenvalue weighted by Crippen LogP contribution is 2.49. The van der Waals surface area contributed by atoms with Gasteiger partial charge in [-0.2, -0.15) is 0 Å². The molecule has 4 rings (SSSR count). The van der Waals surface area contributed by atoms with E-state index in [9.17, 15) is 13.5 Å². The molecule has 24 heavy (non-hydrogen) atoms. The Hall–Kier alpha value is -0.950. The van der Waals surface area contributed by atoms with Crippen molar-refractivity contribution in [1.29, 1.82) is 0 Å². The molecular weight excluding hydrogens is 326 g/mol. The van der Waals surface area contributed by atoms with Gasteiger partial charge < -0.3 is 9.84 Å². The smallest absolute Gasteiger partial charge is 0.240 e. The van der Waals surface area contributed by atoms with Crippen LogP contribution in [0.3, 0.4) is 0 Å². The molecule has 0 unspecified atom stereocenters. The van der Waals surface area contributed by atoms with Crippen LogP contribution in [0.4, 0.5) is 0 Å². The van der Waals surface area contributed by atoms with E-state index in [4.69, 9.17) is 4.74 Å². The summed E-state index contributed by atoms with van der Waals surface area (Å²) in [5, 5.41) is 10.2. The molecule has 2 N–H and O–H groups in total. The first-order chi connectivity index (χ1) is 11.5. The van der Waals surface area contributed by atoms with E-state index < -0.39 is 16.1 Å². The maximum atomic E-state index is 12.8. The molecule has 2 atom stereocenters. The van der Waals surface area contributed by atoms with Crippen molar-refractivity contribution in [2.75, 3.05) is 13.2 Å². The first-order valence-electron chi connectivity index (χ1n) is 8.91. The predicted molar refractivity (Wildman–Crippen MR) is 90.3 cm³/mol. The molecule has 1 aromatic carbocycles. The molecule has 1 saturated heterocycles. The maximum Gasteiger partial charge on any atom is 0.240 e. The Balaban J connectivity index is 1.55. The Morgan fingerprint density at radius 1 is 1.12 bits per heavy atom. The van der Waals surface area contributed by atoms with Gasteiger partial charge in [-0.3, -0.25) is 0 Å². The third kappa shape index (κ3) is 2.69. The van der Waals surface area contributed by atoms with Crippen LogP contribution < -0.4 is 4.72 Å². The largest absolute Gasteiger partial charge is 0.392 e. The number of aliphatic hydroxyl groups excluding tert-OH is 1. The van der Waals surface area contributed by atoms with Crippen LogP contribution in [0.1, 0.15) is 43.2 Å². The standard InChI is InChI=1S/C18H25NO4S/c20-17-12-16(18(17)7-9-23-10-8-18)19-24(21,22)15-6-5-13-3-1-2-4-14(13)11-15/h5-6,11,16-17,19-20H,1-4,7-10,12H2/t16-,17-/m1/s1. The molecular formula is C18H25NO4S. The van der Waals surface area contributed by atoms with Gasteiger partial charge in [0, 0.05) is 24.7 Å². The Morgan fingerprint density at radius 3 is 2.54 bits per heavy atom. The molecule has 1 spiro atoms. The van der Waals surface area contributed by atoms with Crippen LogP contribution in [-0.4, -0.2) is 38.9 Å². The molecule has 2 aliphatic carbocycles. The lowest BCUT2D eigenvalue weighted by Crippen LogP contribution is -2.65. The predicted octanol–water partition coefficient (Wildman–Crippen LogP) is 1.77. The number of benzene rings is 1. The van der Waals surface area contributed by atoms with Crippen LogP contribution >= 0.6 is 0 Å². The third-order valence-electron chi connectivity index (χ3n) is 6.17. The van der Waals surface area contributed by atoms with Crippen molar-refractivity contribution in [1.82, 2.24) is 4.72 Å². The maximum absolute atomic E-state index is 12.8. The number of aliphatic hydroxyl groups is 1. The Labute approximate surface area is 143 Å². The lowest BCUT2D eigenvalue weighted by atomic mass is 9.58. The van der Waals surface area contributed by atoms with Crippen molar-refractivity contribution in [3.05, 3.63) is 29.3 Å². The van der Waals surface area contributed by atoms with Crippen LogP contribution in [0.15, 0.2) is 23.1 Å². The van der Waals surface area contributed by atoms with Crippen molar-refractivity contribution in [2.24, 2.45) is 5.41 Å².